The van der Waals surface area contributed by atoms with Crippen LogP contribution in [-0.2, 0) is 6.61 Å². The third-order valence-electron chi connectivity index (χ3n) is 4.01. The molecular weight excluding hydrogens is 344 g/mol. The molecule has 0 aromatic heterocycles. The van der Waals surface area contributed by atoms with E-state index < -0.39 is 4.92 Å². The Hall–Kier alpha value is -3.67. The van der Waals surface area contributed by atoms with Crippen molar-refractivity contribution in [2.45, 2.75) is 13.5 Å². The zero-order valence-electron chi connectivity index (χ0n) is 14.7. The summed E-state index contributed by atoms with van der Waals surface area (Å²) in [6.07, 6.45) is 0. The molecule has 0 saturated carbocycles. The van der Waals surface area contributed by atoms with E-state index in [4.69, 9.17) is 4.74 Å². The topological polar surface area (TPSA) is 81.5 Å². The zero-order valence-corrected chi connectivity index (χ0v) is 14.7. The van der Waals surface area contributed by atoms with Crippen LogP contribution in [0.4, 0.5) is 11.4 Å². The second kappa shape index (κ2) is 8.14. The van der Waals surface area contributed by atoms with Gasteiger partial charge in [0, 0.05) is 23.4 Å². The minimum absolute atomic E-state index is 0.0122. The van der Waals surface area contributed by atoms with E-state index >= 15 is 0 Å². The molecule has 0 unspecified atom stereocenters. The van der Waals surface area contributed by atoms with E-state index in [-0.39, 0.29) is 11.6 Å². The number of amides is 1. The molecule has 6 heteroatoms. The minimum atomic E-state index is -0.466. The summed E-state index contributed by atoms with van der Waals surface area (Å²) in [4.78, 5) is 22.9. The lowest BCUT2D eigenvalue weighted by atomic mass is 10.1. The first-order valence-electron chi connectivity index (χ1n) is 8.36. The molecule has 0 fully saturated rings. The predicted molar refractivity (Wildman–Crippen MR) is 103 cm³/mol. The molecule has 136 valence electrons. The number of aryl methyl sites for hydroxylation is 1. The fourth-order valence-electron chi connectivity index (χ4n) is 2.56. The molecule has 0 aliphatic rings. The molecule has 0 atom stereocenters. The number of benzene rings is 3. The maximum atomic E-state index is 12.5. The number of anilines is 1. The number of nitrogens with one attached hydrogen (secondary N) is 1. The molecule has 0 heterocycles. The molecule has 0 spiro atoms. The quantitative estimate of drug-likeness (QED) is 0.507. The molecule has 3 aromatic rings. The smallest absolute Gasteiger partial charge is 0.269 e. The van der Waals surface area contributed by atoms with E-state index in [1.165, 1.54) is 18.2 Å². The van der Waals surface area contributed by atoms with Gasteiger partial charge in [0.05, 0.1) is 4.92 Å². The molecule has 0 saturated heterocycles. The average Bonchev–Trinajstić information content (AvgIpc) is 2.68. The highest BCUT2D eigenvalue weighted by Gasteiger charge is 2.12. The minimum Gasteiger partial charge on any atom is -0.489 e. The molecule has 0 radical (unpaired) electrons. The normalized spacial score (nSPS) is 10.3. The van der Waals surface area contributed by atoms with Crippen LogP contribution in [0.3, 0.4) is 0 Å². The van der Waals surface area contributed by atoms with Gasteiger partial charge < -0.3 is 10.1 Å². The maximum absolute atomic E-state index is 12.5. The van der Waals surface area contributed by atoms with E-state index in [1.807, 2.05) is 30.3 Å². The Morgan fingerprint density at radius 1 is 1.04 bits per heavy atom. The van der Waals surface area contributed by atoms with Crippen molar-refractivity contribution in [2.24, 2.45) is 0 Å². The number of hydrogen-bond donors (Lipinski definition) is 1. The van der Waals surface area contributed by atoms with Crippen molar-refractivity contribution in [3.63, 3.8) is 0 Å². The zero-order chi connectivity index (χ0) is 19.2. The van der Waals surface area contributed by atoms with Crippen LogP contribution in [0.2, 0.25) is 0 Å². The van der Waals surface area contributed by atoms with Crippen molar-refractivity contribution >= 4 is 17.3 Å². The van der Waals surface area contributed by atoms with Gasteiger partial charge in [0.2, 0.25) is 0 Å². The van der Waals surface area contributed by atoms with Crippen LogP contribution in [0.15, 0.2) is 72.8 Å². The molecule has 0 aliphatic carbocycles. The Balaban J connectivity index is 1.69. The molecule has 3 rings (SSSR count). The van der Waals surface area contributed by atoms with Gasteiger partial charge in [-0.05, 0) is 42.3 Å². The van der Waals surface area contributed by atoms with Crippen LogP contribution in [0.25, 0.3) is 0 Å². The van der Waals surface area contributed by atoms with Crippen molar-refractivity contribution < 1.29 is 14.5 Å². The van der Waals surface area contributed by atoms with E-state index in [2.05, 4.69) is 5.32 Å². The summed E-state index contributed by atoms with van der Waals surface area (Å²) in [7, 11) is 0. The van der Waals surface area contributed by atoms with Gasteiger partial charge in [-0.15, -0.1) is 0 Å². The fourth-order valence-corrected chi connectivity index (χ4v) is 2.56. The lowest BCUT2D eigenvalue weighted by Crippen LogP contribution is -2.13. The highest BCUT2D eigenvalue weighted by atomic mass is 16.6. The second-order valence-corrected chi connectivity index (χ2v) is 6.01. The summed E-state index contributed by atoms with van der Waals surface area (Å²) in [5.74, 6) is 0.282. The van der Waals surface area contributed by atoms with E-state index in [0.717, 1.165) is 5.56 Å². The largest absolute Gasteiger partial charge is 0.489 e. The monoisotopic (exact) mass is 362 g/mol. The maximum Gasteiger partial charge on any atom is 0.269 e. The summed E-state index contributed by atoms with van der Waals surface area (Å²) in [5, 5.41) is 13.6. The van der Waals surface area contributed by atoms with E-state index in [1.54, 1.807) is 31.2 Å². The fraction of sp³-hybridized carbons (Fsp3) is 0.0952. The van der Waals surface area contributed by atoms with Gasteiger partial charge in [-0.2, -0.15) is 0 Å². The first-order chi connectivity index (χ1) is 13.0. The van der Waals surface area contributed by atoms with Gasteiger partial charge in [0.1, 0.15) is 12.4 Å². The predicted octanol–water partition coefficient (Wildman–Crippen LogP) is 4.73. The summed E-state index contributed by atoms with van der Waals surface area (Å²) in [6, 6.07) is 21.0. The van der Waals surface area contributed by atoms with Crippen LogP contribution < -0.4 is 10.1 Å². The van der Waals surface area contributed by atoms with Crippen molar-refractivity contribution in [1.82, 2.24) is 0 Å². The van der Waals surface area contributed by atoms with Gasteiger partial charge in [0.25, 0.3) is 11.6 Å². The SMILES string of the molecule is Cc1cc([N+](=O)[O-])ccc1NC(=O)c1cccc(OCc2ccccc2)c1. The molecule has 3 aromatic carbocycles. The van der Waals surface area contributed by atoms with Crippen LogP contribution >= 0.6 is 0 Å². The Kier molecular flexibility index (Phi) is 5.47. The Bertz CT molecular complexity index is 971. The number of ether oxygens (including phenoxy) is 1. The molecule has 1 amide bonds. The van der Waals surface area contributed by atoms with Crippen LogP contribution in [-0.4, -0.2) is 10.8 Å². The molecule has 27 heavy (non-hydrogen) atoms. The first kappa shape index (κ1) is 18.1. The van der Waals surface area contributed by atoms with Crippen LogP contribution in [0.1, 0.15) is 21.5 Å². The van der Waals surface area contributed by atoms with Crippen molar-refractivity contribution in [3.8, 4) is 5.75 Å². The van der Waals surface area contributed by atoms with E-state index in [9.17, 15) is 14.9 Å². The summed E-state index contributed by atoms with van der Waals surface area (Å²) < 4.78 is 5.74. The number of non-ortho nitro benzene ring substituents is 1. The van der Waals surface area contributed by atoms with Gasteiger partial charge in [-0.3, -0.25) is 14.9 Å². The van der Waals surface area contributed by atoms with Crippen molar-refractivity contribution in [2.75, 3.05) is 5.32 Å². The standard InChI is InChI=1S/C21H18N2O4/c1-15-12-18(23(25)26)10-11-20(15)22-21(24)17-8-5-9-19(13-17)27-14-16-6-3-2-4-7-16/h2-13H,14H2,1H3,(H,22,24). The number of nitrogens with zero attached hydrogens (tertiary/aromatic N) is 1. The van der Waals surface area contributed by atoms with Crippen LogP contribution in [0.5, 0.6) is 5.75 Å². The Morgan fingerprint density at radius 3 is 2.52 bits per heavy atom. The molecule has 0 aliphatic heterocycles. The average molecular weight is 362 g/mol. The lowest BCUT2D eigenvalue weighted by molar-refractivity contribution is -0.384. The summed E-state index contributed by atoms with van der Waals surface area (Å²) in [6.45, 7) is 2.12. The highest BCUT2D eigenvalue weighted by molar-refractivity contribution is 6.04. The second-order valence-electron chi connectivity index (χ2n) is 6.01. The third kappa shape index (κ3) is 4.70. The van der Waals surface area contributed by atoms with Crippen molar-refractivity contribution in [3.05, 3.63) is 99.6 Å². The number of carbonyl (C=O) groups excluding carboxylic acids is 1. The number of carbonyl (C=O) groups is 1. The Morgan fingerprint density at radius 2 is 1.81 bits per heavy atom. The molecular formula is C21H18N2O4. The summed E-state index contributed by atoms with van der Waals surface area (Å²) in [5.41, 5.74) is 2.62. The van der Waals surface area contributed by atoms with Gasteiger partial charge in [0.15, 0.2) is 0 Å². The first-order valence-corrected chi connectivity index (χ1v) is 8.36. The molecule has 1 N–H and O–H groups in total. The Labute approximate surface area is 156 Å². The van der Waals surface area contributed by atoms with Crippen LogP contribution in [0, 0.1) is 17.0 Å². The highest BCUT2D eigenvalue weighted by Crippen LogP contribution is 2.22. The lowest BCUT2D eigenvalue weighted by Gasteiger charge is -2.10. The van der Waals surface area contributed by atoms with E-state index in [0.29, 0.717) is 29.2 Å². The number of hydrogen-bond acceptors (Lipinski definition) is 4. The number of nitro groups is 1. The molecule has 0 bridgehead atoms. The molecule has 6 nitrogen and oxygen atoms in total. The third-order valence-corrected chi connectivity index (χ3v) is 4.01. The summed E-state index contributed by atoms with van der Waals surface area (Å²) >= 11 is 0. The van der Waals surface area contributed by atoms with Crippen molar-refractivity contribution in [1.29, 1.82) is 0 Å². The number of nitro benzene ring substituents is 1. The van der Waals surface area contributed by atoms with Gasteiger partial charge >= 0.3 is 0 Å². The van der Waals surface area contributed by atoms with Gasteiger partial charge in [-0.1, -0.05) is 36.4 Å². The number of rotatable bonds is 6. The van der Waals surface area contributed by atoms with Gasteiger partial charge in [-0.25, -0.2) is 0 Å².